The van der Waals surface area contributed by atoms with Crippen LogP contribution in [0.4, 0.5) is 10.3 Å². The molecule has 0 unspecified atom stereocenters. The van der Waals surface area contributed by atoms with Gasteiger partial charge in [0.25, 0.3) is 0 Å². The molecule has 2 aromatic heterocycles. The number of ether oxygens (including phenoxy) is 1. The van der Waals surface area contributed by atoms with Crippen LogP contribution in [0.2, 0.25) is 0 Å². The number of carbonyl (C=O) groups is 1. The van der Waals surface area contributed by atoms with Gasteiger partial charge >= 0.3 is 0 Å². The maximum Gasteiger partial charge on any atom is 0.219 e. The van der Waals surface area contributed by atoms with Crippen molar-refractivity contribution >= 4 is 65.8 Å². The number of nitrogen functional groups attached to an aromatic ring is 2. The van der Waals surface area contributed by atoms with Crippen LogP contribution >= 0.6 is 49.7 Å². The summed E-state index contributed by atoms with van der Waals surface area (Å²) < 4.78 is 4.94. The van der Waals surface area contributed by atoms with E-state index in [1.165, 1.54) is 41.1 Å². The van der Waals surface area contributed by atoms with E-state index in [1.807, 2.05) is 6.92 Å². The van der Waals surface area contributed by atoms with E-state index in [-0.39, 0.29) is 38.9 Å². The van der Waals surface area contributed by atoms with E-state index < -0.39 is 0 Å². The third-order valence-corrected chi connectivity index (χ3v) is 8.01. The molecular formula is C24H44N6O2S4. The second kappa shape index (κ2) is 17.5. The van der Waals surface area contributed by atoms with E-state index in [0.29, 0.717) is 17.6 Å². The molecule has 206 valence electrons. The van der Waals surface area contributed by atoms with E-state index in [2.05, 4.69) is 27.5 Å². The quantitative estimate of drug-likeness (QED) is 0.427. The van der Waals surface area contributed by atoms with Crippen LogP contribution in [0.15, 0.2) is 0 Å². The number of hydrogen-bond donors (Lipinski definition) is 4. The van der Waals surface area contributed by atoms with Gasteiger partial charge in [0.2, 0.25) is 5.91 Å². The number of hydrogen-bond acceptors (Lipinski definition) is 9. The Morgan fingerprint density at radius 3 is 1.94 bits per heavy atom. The molecule has 2 atom stereocenters. The van der Waals surface area contributed by atoms with Gasteiger partial charge in [-0.25, -0.2) is 9.97 Å². The fourth-order valence-corrected chi connectivity index (χ4v) is 6.19. The molecule has 36 heavy (non-hydrogen) atoms. The summed E-state index contributed by atoms with van der Waals surface area (Å²) in [6.07, 6.45) is 10.5. The van der Waals surface area contributed by atoms with Crippen molar-refractivity contribution in [1.82, 2.24) is 20.6 Å². The number of amides is 1. The number of rotatable bonds is 5. The summed E-state index contributed by atoms with van der Waals surface area (Å²) in [7, 11) is 0. The minimum Gasteiger partial charge on any atom is -0.381 e. The first-order valence-corrected chi connectivity index (χ1v) is 14.2. The summed E-state index contributed by atoms with van der Waals surface area (Å²) in [4.78, 5) is 22.5. The predicted octanol–water partition coefficient (Wildman–Crippen LogP) is 3.71. The van der Waals surface area contributed by atoms with Gasteiger partial charge in [-0.1, -0.05) is 13.8 Å². The van der Waals surface area contributed by atoms with Gasteiger partial charge in [-0.3, -0.25) is 4.79 Å². The third kappa shape index (κ3) is 10.7. The minimum absolute atomic E-state index is 0. The molecule has 1 aliphatic heterocycles. The Hall–Kier alpha value is -1.05. The molecule has 12 heteroatoms. The Morgan fingerprint density at radius 1 is 0.944 bits per heavy atom. The summed E-state index contributed by atoms with van der Waals surface area (Å²) in [5, 5.41) is 7.95. The van der Waals surface area contributed by atoms with Crippen molar-refractivity contribution in [1.29, 1.82) is 0 Å². The highest BCUT2D eigenvalue weighted by molar-refractivity contribution is 7.59. The topological polar surface area (TPSA) is 128 Å². The zero-order valence-electron chi connectivity index (χ0n) is 21.5. The molecule has 3 aliphatic rings. The van der Waals surface area contributed by atoms with Crippen LogP contribution in [0.1, 0.15) is 73.5 Å². The minimum atomic E-state index is 0. The first kappa shape index (κ1) is 33.0. The largest absolute Gasteiger partial charge is 0.381 e. The van der Waals surface area contributed by atoms with Crippen molar-refractivity contribution in [3.8, 4) is 0 Å². The maximum atomic E-state index is 11.2. The van der Waals surface area contributed by atoms with Crippen LogP contribution in [0, 0.1) is 0 Å². The fraction of sp³-hybridized carbons (Fsp3) is 0.708. The average molecular weight is 577 g/mol. The van der Waals surface area contributed by atoms with Gasteiger partial charge < -0.3 is 26.8 Å². The normalized spacial score (nSPS) is 19.6. The summed E-state index contributed by atoms with van der Waals surface area (Å²) >= 11 is 3.20. The lowest BCUT2D eigenvalue weighted by Gasteiger charge is -2.21. The Bertz CT molecular complexity index is 896. The molecule has 1 saturated heterocycles. The molecule has 1 fully saturated rings. The molecule has 1 amide bonds. The van der Waals surface area contributed by atoms with Crippen molar-refractivity contribution in [2.24, 2.45) is 0 Å². The Balaban J connectivity index is 0.000000289. The molecule has 0 radical (unpaired) electrons. The lowest BCUT2D eigenvalue weighted by atomic mass is 9.97. The fourth-order valence-electron chi connectivity index (χ4n) is 4.28. The molecule has 0 spiro atoms. The first-order valence-electron chi connectivity index (χ1n) is 12.6. The maximum absolute atomic E-state index is 11.2. The molecule has 2 aromatic rings. The highest BCUT2D eigenvalue weighted by atomic mass is 32.1. The van der Waals surface area contributed by atoms with Gasteiger partial charge in [0, 0.05) is 47.9 Å². The van der Waals surface area contributed by atoms with Gasteiger partial charge in [-0.2, -0.15) is 27.0 Å². The summed E-state index contributed by atoms with van der Waals surface area (Å²) in [5.41, 5.74) is 13.7. The summed E-state index contributed by atoms with van der Waals surface area (Å²) in [6, 6.07) is 0.909. The zero-order valence-corrected chi connectivity index (χ0v) is 25.2. The standard InChI is InChI=1S/C10H15N3OS.C10H17N3S.C4H8O.2H2S/c1-2-9(14)12-6-3-4-7-8(5-6)15-10(11)13-7;1-2-5-12-7-3-4-8-9(6-7)14-10(11)13-8;1-2-4-5-3-1;;/h6H,2-5H2,1H3,(H2,11,13)(H,12,14);7,12H,2-6H2,1H3,(H2,11,13);1-4H2;2*1H2/t6-;7-;;;/m00.../s1. The number of carbonyl (C=O) groups excluding carboxylic acids is 1. The molecule has 8 nitrogen and oxygen atoms in total. The van der Waals surface area contributed by atoms with Gasteiger partial charge in [-0.15, -0.1) is 22.7 Å². The summed E-state index contributed by atoms with van der Waals surface area (Å²) in [5.74, 6) is 0.126. The molecule has 5 rings (SSSR count). The van der Waals surface area contributed by atoms with Crippen molar-refractivity contribution in [2.45, 2.75) is 90.1 Å². The average Bonchev–Trinajstić information content (AvgIpc) is 3.58. The van der Waals surface area contributed by atoms with Crippen molar-refractivity contribution < 1.29 is 9.53 Å². The van der Waals surface area contributed by atoms with E-state index in [1.54, 1.807) is 22.7 Å². The van der Waals surface area contributed by atoms with Crippen LogP contribution < -0.4 is 22.1 Å². The van der Waals surface area contributed by atoms with Crippen LogP contribution in [-0.2, 0) is 35.2 Å². The molecule has 3 heterocycles. The number of aromatic nitrogens is 2. The van der Waals surface area contributed by atoms with E-state index in [4.69, 9.17) is 16.2 Å². The SMILES string of the molecule is C1CCOC1.CCC(=O)N[C@H]1CCc2nc(N)sc2C1.CCCN[C@H]1CCc2nc(N)sc2C1.S.S. The Labute approximate surface area is 237 Å². The Morgan fingerprint density at radius 2 is 1.47 bits per heavy atom. The number of nitrogens with one attached hydrogen (secondary N) is 2. The van der Waals surface area contributed by atoms with Crippen LogP contribution in [0.3, 0.4) is 0 Å². The highest BCUT2D eigenvalue weighted by Gasteiger charge is 2.23. The van der Waals surface area contributed by atoms with Crippen molar-refractivity contribution in [3.63, 3.8) is 0 Å². The summed E-state index contributed by atoms with van der Waals surface area (Å²) in [6.45, 7) is 7.19. The van der Waals surface area contributed by atoms with Gasteiger partial charge in [0.1, 0.15) is 0 Å². The van der Waals surface area contributed by atoms with Gasteiger partial charge in [-0.05, 0) is 57.9 Å². The molecule has 0 saturated carbocycles. The molecule has 2 aliphatic carbocycles. The number of fused-ring (bicyclic) bond motifs is 2. The molecular weight excluding hydrogens is 533 g/mol. The van der Waals surface area contributed by atoms with Crippen LogP contribution in [-0.4, -0.2) is 47.7 Å². The first-order chi connectivity index (χ1) is 16.5. The number of nitrogens with zero attached hydrogens (tertiary/aromatic N) is 2. The number of aryl methyl sites for hydroxylation is 2. The monoisotopic (exact) mass is 576 g/mol. The number of nitrogens with two attached hydrogens (primary N) is 2. The van der Waals surface area contributed by atoms with E-state index in [0.717, 1.165) is 62.7 Å². The van der Waals surface area contributed by atoms with Gasteiger partial charge in [0.05, 0.1) is 11.4 Å². The Kier molecular flexibility index (Phi) is 16.0. The van der Waals surface area contributed by atoms with Crippen LogP contribution in [0.5, 0.6) is 0 Å². The number of thiazole rings is 2. The zero-order chi connectivity index (χ0) is 24.3. The lowest BCUT2D eigenvalue weighted by molar-refractivity contribution is -0.121. The second-order valence-corrected chi connectivity index (χ2v) is 11.1. The van der Waals surface area contributed by atoms with Gasteiger partial charge in [0.15, 0.2) is 10.3 Å². The van der Waals surface area contributed by atoms with Crippen LogP contribution in [0.25, 0.3) is 0 Å². The highest BCUT2D eigenvalue weighted by Crippen LogP contribution is 2.29. The molecule has 0 bridgehead atoms. The lowest BCUT2D eigenvalue weighted by Crippen LogP contribution is -2.38. The van der Waals surface area contributed by atoms with E-state index in [9.17, 15) is 4.79 Å². The van der Waals surface area contributed by atoms with Crippen molar-refractivity contribution in [3.05, 3.63) is 21.1 Å². The predicted molar refractivity (Wildman–Crippen MR) is 162 cm³/mol. The molecule has 6 N–H and O–H groups in total. The van der Waals surface area contributed by atoms with E-state index >= 15 is 0 Å². The number of anilines is 2. The van der Waals surface area contributed by atoms with Crippen molar-refractivity contribution in [2.75, 3.05) is 31.2 Å². The molecule has 0 aromatic carbocycles. The second-order valence-electron chi connectivity index (χ2n) is 8.92. The third-order valence-electron chi connectivity index (χ3n) is 6.11. The smallest absolute Gasteiger partial charge is 0.219 e.